The molecule has 1 aromatic carbocycles. The second-order valence-corrected chi connectivity index (χ2v) is 4.79. The Labute approximate surface area is 113 Å². The van der Waals surface area contributed by atoms with Crippen molar-refractivity contribution in [2.75, 3.05) is 30.3 Å². The number of nitrogens with one attached hydrogen (secondary N) is 1. The van der Waals surface area contributed by atoms with E-state index < -0.39 is 0 Å². The predicted octanol–water partition coefficient (Wildman–Crippen LogP) is 1.38. The molecule has 0 bridgehead atoms. The number of carbonyl (C=O) groups excluding carboxylic acids is 1. The maximum Gasteiger partial charge on any atom is 0.217 e. The van der Waals surface area contributed by atoms with E-state index in [9.17, 15) is 4.79 Å². The van der Waals surface area contributed by atoms with E-state index in [1.54, 1.807) is 6.92 Å². The molecule has 0 aromatic heterocycles. The fraction of sp³-hybridized carbons (Fsp3) is 0.500. The smallest absolute Gasteiger partial charge is 0.217 e. The summed E-state index contributed by atoms with van der Waals surface area (Å²) in [6.45, 7) is 5.85. The number of hydrogen-bond acceptors (Lipinski definition) is 4. The summed E-state index contributed by atoms with van der Waals surface area (Å²) in [4.78, 5) is 13.3. The molecule has 5 nitrogen and oxygen atoms in total. The highest BCUT2D eigenvalue weighted by molar-refractivity contribution is 5.73. The lowest BCUT2D eigenvalue weighted by atomic mass is 10.2. The molecule has 0 spiro atoms. The van der Waals surface area contributed by atoms with Gasteiger partial charge in [0.2, 0.25) is 5.91 Å². The van der Waals surface area contributed by atoms with Gasteiger partial charge in [-0.05, 0) is 25.5 Å². The summed E-state index contributed by atoms with van der Waals surface area (Å²) in [5.41, 5.74) is 7.61. The number of hydrogen-bond donors (Lipinski definition) is 2. The number of nitrogens with zero attached hydrogens (tertiary/aromatic N) is 1. The largest absolute Gasteiger partial charge is 0.492 e. The van der Waals surface area contributed by atoms with Crippen LogP contribution in [0.5, 0.6) is 5.75 Å². The fourth-order valence-corrected chi connectivity index (χ4v) is 2.40. The number of carbonyl (C=O) groups is 1. The monoisotopic (exact) mass is 263 g/mol. The molecule has 0 saturated carbocycles. The molecule has 1 fully saturated rings. The lowest BCUT2D eigenvalue weighted by Gasteiger charge is -2.20. The molecule has 1 amide bonds. The number of benzene rings is 1. The van der Waals surface area contributed by atoms with Gasteiger partial charge in [0, 0.05) is 37.8 Å². The summed E-state index contributed by atoms with van der Waals surface area (Å²) < 4.78 is 5.51. The van der Waals surface area contributed by atoms with Crippen molar-refractivity contribution in [3.05, 3.63) is 18.2 Å². The van der Waals surface area contributed by atoms with Gasteiger partial charge in [0.15, 0.2) is 0 Å². The minimum atomic E-state index is 0.0270. The van der Waals surface area contributed by atoms with E-state index in [4.69, 9.17) is 10.5 Å². The zero-order chi connectivity index (χ0) is 13.8. The summed E-state index contributed by atoms with van der Waals surface area (Å²) >= 11 is 0. The number of nitrogens with two attached hydrogens (primary N) is 1. The lowest BCUT2D eigenvalue weighted by Crippen LogP contribution is -2.35. The highest BCUT2D eigenvalue weighted by Gasteiger charge is 2.23. The number of amides is 1. The molecule has 3 N–H and O–H groups in total. The third-order valence-electron chi connectivity index (χ3n) is 3.26. The van der Waals surface area contributed by atoms with Crippen LogP contribution in [0.3, 0.4) is 0 Å². The van der Waals surface area contributed by atoms with E-state index in [-0.39, 0.29) is 11.9 Å². The molecule has 104 valence electrons. The third-order valence-corrected chi connectivity index (χ3v) is 3.26. The van der Waals surface area contributed by atoms with E-state index >= 15 is 0 Å². The van der Waals surface area contributed by atoms with Crippen LogP contribution in [-0.4, -0.2) is 31.6 Å². The maximum atomic E-state index is 11.1. The van der Waals surface area contributed by atoms with Gasteiger partial charge in [0.1, 0.15) is 5.75 Å². The van der Waals surface area contributed by atoms with Crippen LogP contribution in [0, 0.1) is 0 Å². The number of ether oxygens (including phenoxy) is 1. The van der Waals surface area contributed by atoms with Crippen LogP contribution in [-0.2, 0) is 4.79 Å². The van der Waals surface area contributed by atoms with Crippen molar-refractivity contribution >= 4 is 17.3 Å². The average Bonchev–Trinajstić information content (AvgIpc) is 2.80. The van der Waals surface area contributed by atoms with E-state index in [2.05, 4.69) is 10.2 Å². The molecule has 1 saturated heterocycles. The van der Waals surface area contributed by atoms with Gasteiger partial charge in [-0.1, -0.05) is 0 Å². The maximum absolute atomic E-state index is 11.1. The molecular weight excluding hydrogens is 242 g/mol. The van der Waals surface area contributed by atoms with Crippen LogP contribution in [0.15, 0.2) is 18.2 Å². The van der Waals surface area contributed by atoms with Crippen LogP contribution in [0.4, 0.5) is 11.4 Å². The van der Waals surface area contributed by atoms with Crippen molar-refractivity contribution in [3.63, 3.8) is 0 Å². The van der Waals surface area contributed by atoms with Crippen LogP contribution < -0.4 is 20.7 Å². The van der Waals surface area contributed by atoms with Gasteiger partial charge < -0.3 is 20.7 Å². The molecule has 0 aliphatic carbocycles. The Morgan fingerprint density at radius 1 is 1.58 bits per heavy atom. The van der Waals surface area contributed by atoms with Gasteiger partial charge in [-0.3, -0.25) is 4.79 Å². The predicted molar refractivity (Wildman–Crippen MR) is 76.5 cm³/mol. The van der Waals surface area contributed by atoms with Crippen molar-refractivity contribution in [1.29, 1.82) is 0 Å². The van der Waals surface area contributed by atoms with Crippen molar-refractivity contribution in [1.82, 2.24) is 5.32 Å². The van der Waals surface area contributed by atoms with E-state index in [1.165, 1.54) is 0 Å². The Morgan fingerprint density at radius 3 is 3.05 bits per heavy atom. The van der Waals surface area contributed by atoms with Crippen molar-refractivity contribution < 1.29 is 9.53 Å². The summed E-state index contributed by atoms with van der Waals surface area (Å²) in [6.07, 6.45) is 0.966. The van der Waals surface area contributed by atoms with Gasteiger partial charge in [-0.15, -0.1) is 0 Å². The molecular formula is C14H21N3O2. The van der Waals surface area contributed by atoms with Crippen LogP contribution in [0.1, 0.15) is 20.3 Å². The first-order chi connectivity index (χ1) is 9.10. The summed E-state index contributed by atoms with van der Waals surface area (Å²) in [7, 11) is 0. The Morgan fingerprint density at radius 2 is 2.37 bits per heavy atom. The zero-order valence-electron chi connectivity index (χ0n) is 11.5. The van der Waals surface area contributed by atoms with Gasteiger partial charge in [0.05, 0.1) is 12.3 Å². The quantitative estimate of drug-likeness (QED) is 0.805. The van der Waals surface area contributed by atoms with Crippen LogP contribution in [0.2, 0.25) is 0 Å². The molecule has 1 aliphatic heterocycles. The van der Waals surface area contributed by atoms with Crippen LogP contribution >= 0.6 is 0 Å². The first-order valence-electron chi connectivity index (χ1n) is 6.64. The fourth-order valence-electron chi connectivity index (χ4n) is 2.40. The average molecular weight is 263 g/mol. The van der Waals surface area contributed by atoms with E-state index in [1.807, 2.05) is 25.1 Å². The van der Waals surface area contributed by atoms with Gasteiger partial charge >= 0.3 is 0 Å². The second-order valence-electron chi connectivity index (χ2n) is 4.79. The topological polar surface area (TPSA) is 67.6 Å². The summed E-state index contributed by atoms with van der Waals surface area (Å²) in [5.74, 6) is 0.752. The Hall–Kier alpha value is -1.91. The molecule has 1 aliphatic rings. The van der Waals surface area contributed by atoms with Crippen molar-refractivity contribution in [3.8, 4) is 5.75 Å². The van der Waals surface area contributed by atoms with Gasteiger partial charge in [-0.25, -0.2) is 0 Å². The summed E-state index contributed by atoms with van der Waals surface area (Å²) in [6, 6.07) is 6.06. The SMILES string of the molecule is CCOc1cc(N2CCC(NC(C)=O)C2)ccc1N. The van der Waals surface area contributed by atoms with Crippen molar-refractivity contribution in [2.24, 2.45) is 0 Å². The Balaban J connectivity index is 2.06. The van der Waals surface area contributed by atoms with Crippen molar-refractivity contribution in [2.45, 2.75) is 26.3 Å². The zero-order valence-corrected chi connectivity index (χ0v) is 11.5. The molecule has 5 heteroatoms. The van der Waals surface area contributed by atoms with Gasteiger partial charge in [0.25, 0.3) is 0 Å². The van der Waals surface area contributed by atoms with Crippen LogP contribution in [0.25, 0.3) is 0 Å². The first kappa shape index (κ1) is 13.5. The number of nitrogen functional groups attached to an aromatic ring is 1. The molecule has 1 unspecified atom stereocenters. The van der Waals surface area contributed by atoms with E-state index in [0.29, 0.717) is 12.3 Å². The summed E-state index contributed by atoms with van der Waals surface area (Å²) in [5, 5.41) is 2.96. The Bertz CT molecular complexity index is 462. The highest BCUT2D eigenvalue weighted by atomic mass is 16.5. The Kier molecular flexibility index (Phi) is 4.14. The van der Waals surface area contributed by atoms with E-state index in [0.717, 1.165) is 30.9 Å². The second kappa shape index (κ2) is 5.82. The molecule has 1 atom stereocenters. The highest BCUT2D eigenvalue weighted by Crippen LogP contribution is 2.29. The number of anilines is 2. The molecule has 1 aromatic rings. The molecule has 0 radical (unpaired) electrons. The minimum Gasteiger partial charge on any atom is -0.492 e. The molecule has 19 heavy (non-hydrogen) atoms. The number of rotatable bonds is 4. The lowest BCUT2D eigenvalue weighted by molar-refractivity contribution is -0.119. The standard InChI is InChI=1S/C14H21N3O2/c1-3-19-14-8-12(4-5-13(14)15)17-7-6-11(9-17)16-10(2)18/h4-5,8,11H,3,6-7,9,15H2,1-2H3,(H,16,18). The van der Waals surface area contributed by atoms with Gasteiger partial charge in [-0.2, -0.15) is 0 Å². The minimum absolute atomic E-state index is 0.0270. The molecule has 1 heterocycles. The first-order valence-corrected chi connectivity index (χ1v) is 6.64. The molecule has 2 rings (SSSR count). The normalized spacial score (nSPS) is 18.4. The third kappa shape index (κ3) is 3.30.